The van der Waals surface area contributed by atoms with Crippen molar-refractivity contribution in [3.8, 4) is 0 Å². The zero-order valence-corrected chi connectivity index (χ0v) is 14.0. The molecule has 128 valence electrons. The van der Waals surface area contributed by atoms with Crippen LogP contribution in [-0.2, 0) is 9.59 Å². The molecule has 2 amide bonds. The second-order valence-corrected chi connectivity index (χ2v) is 6.60. The Morgan fingerprint density at radius 2 is 1.67 bits per heavy atom. The highest BCUT2D eigenvalue weighted by Gasteiger charge is 2.26. The minimum atomic E-state index is -0.117. The number of hydrazone groups is 1. The molecule has 1 saturated carbocycles. The van der Waals surface area contributed by atoms with Gasteiger partial charge in [-0.15, -0.1) is 0 Å². The highest BCUT2D eigenvalue weighted by Crippen LogP contribution is 2.21. The van der Waals surface area contributed by atoms with Crippen LogP contribution < -0.4 is 10.3 Å². The average Bonchev–Trinajstić information content (AvgIpc) is 2.58. The Balaban J connectivity index is 1.68. The van der Waals surface area contributed by atoms with Crippen molar-refractivity contribution in [2.24, 2.45) is 5.10 Å². The van der Waals surface area contributed by atoms with E-state index in [1.165, 1.54) is 37.1 Å². The third-order valence-electron chi connectivity index (χ3n) is 4.74. The SMILES string of the molecule is O=C(NC1CCCCCCC1)C1=NN(c2ccccc2)C(=O)CC1. The summed E-state index contributed by atoms with van der Waals surface area (Å²) < 4.78 is 0. The van der Waals surface area contributed by atoms with Gasteiger partial charge in [-0.1, -0.05) is 50.3 Å². The monoisotopic (exact) mass is 327 g/mol. The number of nitrogens with one attached hydrogen (secondary N) is 1. The Hall–Kier alpha value is -2.17. The Morgan fingerprint density at radius 1 is 1.00 bits per heavy atom. The number of carbonyl (C=O) groups excluding carboxylic acids is 2. The van der Waals surface area contributed by atoms with Gasteiger partial charge in [0.2, 0.25) is 5.91 Å². The van der Waals surface area contributed by atoms with Crippen LogP contribution in [0, 0.1) is 0 Å². The largest absolute Gasteiger partial charge is 0.348 e. The average molecular weight is 327 g/mol. The molecule has 1 aromatic carbocycles. The molecule has 1 aliphatic carbocycles. The Labute approximate surface area is 143 Å². The van der Waals surface area contributed by atoms with Crippen LogP contribution >= 0.6 is 0 Å². The molecule has 5 heteroatoms. The lowest BCUT2D eigenvalue weighted by Crippen LogP contribution is -2.43. The van der Waals surface area contributed by atoms with E-state index >= 15 is 0 Å². The summed E-state index contributed by atoms with van der Waals surface area (Å²) in [5.74, 6) is -0.183. The zero-order chi connectivity index (χ0) is 16.8. The lowest BCUT2D eigenvalue weighted by atomic mass is 9.96. The molecular formula is C19H25N3O2. The van der Waals surface area contributed by atoms with Crippen LogP contribution in [0.5, 0.6) is 0 Å². The van der Waals surface area contributed by atoms with Crippen LogP contribution in [0.25, 0.3) is 0 Å². The molecule has 1 N–H and O–H groups in total. The normalized spacial score (nSPS) is 20.1. The summed E-state index contributed by atoms with van der Waals surface area (Å²) in [5.41, 5.74) is 1.17. The number of hydrogen-bond acceptors (Lipinski definition) is 3. The number of nitrogens with zero attached hydrogens (tertiary/aromatic N) is 2. The van der Waals surface area contributed by atoms with Gasteiger partial charge in [0.15, 0.2) is 0 Å². The molecule has 5 nitrogen and oxygen atoms in total. The predicted octanol–water partition coefficient (Wildman–Crippen LogP) is 3.40. The minimum Gasteiger partial charge on any atom is -0.348 e. The van der Waals surface area contributed by atoms with Crippen molar-refractivity contribution in [2.75, 3.05) is 5.01 Å². The third-order valence-corrected chi connectivity index (χ3v) is 4.74. The van der Waals surface area contributed by atoms with Gasteiger partial charge in [-0.2, -0.15) is 5.10 Å². The smallest absolute Gasteiger partial charge is 0.267 e. The lowest BCUT2D eigenvalue weighted by Gasteiger charge is -2.25. The summed E-state index contributed by atoms with van der Waals surface area (Å²) in [4.78, 5) is 24.7. The number of para-hydroxylation sites is 1. The molecule has 0 aromatic heterocycles. The molecule has 0 saturated heterocycles. The standard InChI is InChI=1S/C19H25N3O2/c23-18-14-13-17(21-22(18)16-11-7-4-8-12-16)19(24)20-15-9-5-2-1-3-6-10-15/h4,7-8,11-12,15H,1-3,5-6,9-10,13-14H2,(H,20,24). The first kappa shape index (κ1) is 16.7. The molecular weight excluding hydrogens is 302 g/mol. The van der Waals surface area contributed by atoms with Crippen LogP contribution in [0.1, 0.15) is 57.8 Å². The molecule has 3 rings (SSSR count). The molecule has 0 spiro atoms. The fourth-order valence-electron chi connectivity index (χ4n) is 3.36. The molecule has 1 aliphatic heterocycles. The van der Waals surface area contributed by atoms with Crippen molar-refractivity contribution in [1.29, 1.82) is 0 Å². The summed E-state index contributed by atoms with van der Waals surface area (Å²) >= 11 is 0. The fraction of sp³-hybridized carbons (Fsp3) is 0.526. The number of amides is 2. The van der Waals surface area contributed by atoms with Gasteiger partial charge in [0.25, 0.3) is 5.91 Å². The molecule has 1 aromatic rings. The maximum Gasteiger partial charge on any atom is 0.267 e. The highest BCUT2D eigenvalue weighted by molar-refractivity contribution is 6.40. The van der Waals surface area contributed by atoms with Crippen molar-refractivity contribution in [1.82, 2.24) is 5.32 Å². The Bertz CT molecular complexity index is 604. The maximum atomic E-state index is 12.6. The third kappa shape index (κ3) is 4.22. The van der Waals surface area contributed by atoms with E-state index in [4.69, 9.17) is 0 Å². The summed E-state index contributed by atoms with van der Waals surface area (Å²) in [6.07, 6.45) is 8.99. The van der Waals surface area contributed by atoms with Crippen molar-refractivity contribution >= 4 is 23.2 Å². The summed E-state index contributed by atoms with van der Waals surface area (Å²) in [6, 6.07) is 9.52. The van der Waals surface area contributed by atoms with E-state index in [9.17, 15) is 9.59 Å². The van der Waals surface area contributed by atoms with Gasteiger partial charge in [0.05, 0.1) is 5.69 Å². The van der Waals surface area contributed by atoms with Crippen molar-refractivity contribution in [3.05, 3.63) is 30.3 Å². The van der Waals surface area contributed by atoms with Crippen molar-refractivity contribution in [2.45, 2.75) is 63.8 Å². The molecule has 0 bridgehead atoms. The first-order valence-corrected chi connectivity index (χ1v) is 9.00. The Kier molecular flexibility index (Phi) is 5.62. The maximum absolute atomic E-state index is 12.6. The molecule has 1 fully saturated rings. The first-order chi connectivity index (χ1) is 11.7. The van der Waals surface area contributed by atoms with Crippen LogP contribution in [0.4, 0.5) is 5.69 Å². The number of anilines is 1. The Morgan fingerprint density at radius 3 is 2.38 bits per heavy atom. The number of carbonyl (C=O) groups is 2. The van der Waals surface area contributed by atoms with Crippen LogP contribution in [0.3, 0.4) is 0 Å². The van der Waals surface area contributed by atoms with Gasteiger partial charge in [-0.25, -0.2) is 5.01 Å². The van der Waals surface area contributed by atoms with E-state index in [1.54, 1.807) is 0 Å². The zero-order valence-electron chi connectivity index (χ0n) is 14.0. The van der Waals surface area contributed by atoms with E-state index in [0.29, 0.717) is 24.2 Å². The van der Waals surface area contributed by atoms with E-state index in [0.717, 1.165) is 12.8 Å². The number of benzene rings is 1. The lowest BCUT2D eigenvalue weighted by molar-refractivity contribution is -0.119. The summed E-state index contributed by atoms with van der Waals surface area (Å²) in [5, 5.41) is 8.82. The first-order valence-electron chi connectivity index (χ1n) is 9.00. The molecule has 2 aliphatic rings. The van der Waals surface area contributed by atoms with Gasteiger partial charge in [0.1, 0.15) is 5.71 Å². The second-order valence-electron chi connectivity index (χ2n) is 6.60. The summed E-state index contributed by atoms with van der Waals surface area (Å²) in [7, 11) is 0. The highest BCUT2D eigenvalue weighted by atomic mass is 16.2. The molecule has 0 unspecified atom stereocenters. The minimum absolute atomic E-state index is 0.0660. The van der Waals surface area contributed by atoms with Crippen molar-refractivity contribution < 1.29 is 9.59 Å². The summed E-state index contributed by atoms with van der Waals surface area (Å²) in [6.45, 7) is 0. The van der Waals surface area contributed by atoms with Crippen LogP contribution in [-0.4, -0.2) is 23.6 Å². The van der Waals surface area contributed by atoms with E-state index in [-0.39, 0.29) is 17.9 Å². The van der Waals surface area contributed by atoms with Crippen molar-refractivity contribution in [3.63, 3.8) is 0 Å². The van der Waals surface area contributed by atoms with Gasteiger partial charge < -0.3 is 5.32 Å². The molecule has 1 heterocycles. The molecule has 0 radical (unpaired) electrons. The van der Waals surface area contributed by atoms with E-state index < -0.39 is 0 Å². The quantitative estimate of drug-likeness (QED) is 0.925. The predicted molar refractivity (Wildman–Crippen MR) is 94.8 cm³/mol. The molecule has 0 atom stereocenters. The number of rotatable bonds is 3. The second kappa shape index (κ2) is 8.08. The number of hydrogen-bond donors (Lipinski definition) is 1. The fourth-order valence-corrected chi connectivity index (χ4v) is 3.36. The van der Waals surface area contributed by atoms with Gasteiger partial charge in [0, 0.05) is 18.9 Å². The topological polar surface area (TPSA) is 61.8 Å². The van der Waals surface area contributed by atoms with Gasteiger partial charge in [-0.3, -0.25) is 9.59 Å². The van der Waals surface area contributed by atoms with E-state index in [2.05, 4.69) is 10.4 Å². The van der Waals surface area contributed by atoms with Crippen LogP contribution in [0.15, 0.2) is 35.4 Å². The van der Waals surface area contributed by atoms with E-state index in [1.807, 2.05) is 30.3 Å². The van der Waals surface area contributed by atoms with Crippen LogP contribution in [0.2, 0.25) is 0 Å². The van der Waals surface area contributed by atoms with Gasteiger partial charge >= 0.3 is 0 Å². The molecule has 24 heavy (non-hydrogen) atoms. The van der Waals surface area contributed by atoms with Gasteiger partial charge in [-0.05, 0) is 25.0 Å².